The SMILES string of the molecule is COC1(Cc2cccc(CC(N)C(=O)O)c2)CC1. The number of ether oxygens (including phenoxy) is 1. The standard InChI is InChI=1S/C14H19NO3/c1-18-14(5-6-14)9-11-4-2-3-10(7-11)8-12(15)13(16)17/h2-4,7,12H,5-6,8-9,15H2,1H3,(H,16,17). The molecule has 1 unspecified atom stereocenters. The van der Waals surface area contributed by atoms with Crippen LogP contribution in [0.2, 0.25) is 0 Å². The summed E-state index contributed by atoms with van der Waals surface area (Å²) in [7, 11) is 1.75. The van der Waals surface area contributed by atoms with E-state index in [1.165, 1.54) is 5.56 Å². The summed E-state index contributed by atoms with van der Waals surface area (Å²) in [5, 5.41) is 8.80. The van der Waals surface area contributed by atoms with Gasteiger partial charge in [0.25, 0.3) is 0 Å². The fraction of sp³-hybridized carbons (Fsp3) is 0.500. The molecule has 1 aliphatic rings. The van der Waals surface area contributed by atoms with E-state index >= 15 is 0 Å². The molecule has 1 aliphatic carbocycles. The van der Waals surface area contributed by atoms with Gasteiger partial charge in [-0.15, -0.1) is 0 Å². The maximum atomic E-state index is 10.7. The van der Waals surface area contributed by atoms with E-state index in [4.69, 9.17) is 15.6 Å². The Morgan fingerprint density at radius 2 is 2.17 bits per heavy atom. The molecular formula is C14H19NO3. The van der Waals surface area contributed by atoms with Gasteiger partial charge >= 0.3 is 5.97 Å². The zero-order chi connectivity index (χ0) is 13.2. The lowest BCUT2D eigenvalue weighted by Gasteiger charge is -2.14. The zero-order valence-electron chi connectivity index (χ0n) is 10.6. The third kappa shape index (κ3) is 3.09. The smallest absolute Gasteiger partial charge is 0.320 e. The van der Waals surface area contributed by atoms with E-state index in [0.29, 0.717) is 6.42 Å². The van der Waals surface area contributed by atoms with Crippen LogP contribution < -0.4 is 5.73 Å². The summed E-state index contributed by atoms with van der Waals surface area (Å²) in [6, 6.07) is 7.11. The van der Waals surface area contributed by atoms with Crippen LogP contribution in [0.3, 0.4) is 0 Å². The minimum Gasteiger partial charge on any atom is -0.480 e. The largest absolute Gasteiger partial charge is 0.480 e. The molecule has 1 aromatic rings. The van der Waals surface area contributed by atoms with Crippen LogP contribution in [0.5, 0.6) is 0 Å². The number of carboxylic acids is 1. The van der Waals surface area contributed by atoms with Crippen molar-refractivity contribution < 1.29 is 14.6 Å². The Balaban J connectivity index is 2.03. The molecule has 0 spiro atoms. The van der Waals surface area contributed by atoms with Crippen LogP contribution in [-0.4, -0.2) is 29.8 Å². The van der Waals surface area contributed by atoms with Crippen molar-refractivity contribution in [3.05, 3.63) is 35.4 Å². The van der Waals surface area contributed by atoms with Crippen molar-refractivity contribution >= 4 is 5.97 Å². The molecule has 0 bridgehead atoms. The molecule has 18 heavy (non-hydrogen) atoms. The van der Waals surface area contributed by atoms with Crippen LogP contribution in [0.4, 0.5) is 0 Å². The maximum Gasteiger partial charge on any atom is 0.320 e. The van der Waals surface area contributed by atoms with Gasteiger partial charge in [0.05, 0.1) is 5.60 Å². The molecule has 0 saturated heterocycles. The number of methoxy groups -OCH3 is 1. The predicted octanol–water partition coefficient (Wildman–Crippen LogP) is 1.36. The van der Waals surface area contributed by atoms with Gasteiger partial charge in [0, 0.05) is 13.5 Å². The third-order valence-corrected chi connectivity index (χ3v) is 3.53. The van der Waals surface area contributed by atoms with Gasteiger partial charge in [-0.2, -0.15) is 0 Å². The Bertz CT molecular complexity index is 440. The molecule has 1 atom stereocenters. The highest BCUT2D eigenvalue weighted by molar-refractivity contribution is 5.73. The minimum atomic E-state index is -0.962. The van der Waals surface area contributed by atoms with Crippen LogP contribution in [0, 0.1) is 0 Å². The van der Waals surface area contributed by atoms with Gasteiger partial charge < -0.3 is 15.6 Å². The molecule has 0 aromatic heterocycles. The van der Waals surface area contributed by atoms with E-state index in [0.717, 1.165) is 24.8 Å². The number of carbonyl (C=O) groups is 1. The van der Waals surface area contributed by atoms with Gasteiger partial charge in [0.1, 0.15) is 6.04 Å². The number of nitrogens with two attached hydrogens (primary N) is 1. The van der Waals surface area contributed by atoms with Crippen molar-refractivity contribution in [3.8, 4) is 0 Å². The lowest BCUT2D eigenvalue weighted by molar-refractivity contribution is -0.138. The molecular weight excluding hydrogens is 230 g/mol. The number of hydrogen-bond donors (Lipinski definition) is 2. The lowest BCUT2D eigenvalue weighted by atomic mass is 10.00. The first-order valence-corrected chi connectivity index (χ1v) is 6.16. The molecule has 0 heterocycles. The van der Waals surface area contributed by atoms with Gasteiger partial charge in [-0.1, -0.05) is 24.3 Å². The first-order chi connectivity index (χ1) is 8.54. The molecule has 4 heteroatoms. The van der Waals surface area contributed by atoms with Crippen molar-refractivity contribution in [1.82, 2.24) is 0 Å². The molecule has 0 aliphatic heterocycles. The summed E-state index contributed by atoms with van der Waals surface area (Å²) in [4.78, 5) is 10.7. The van der Waals surface area contributed by atoms with Gasteiger partial charge in [-0.05, 0) is 30.4 Å². The second kappa shape index (κ2) is 5.08. The molecule has 1 aromatic carbocycles. The summed E-state index contributed by atoms with van der Waals surface area (Å²) < 4.78 is 5.49. The monoisotopic (exact) mass is 249 g/mol. The number of rotatable bonds is 6. The second-order valence-electron chi connectivity index (χ2n) is 5.03. The summed E-state index contributed by atoms with van der Waals surface area (Å²) in [5.41, 5.74) is 7.71. The maximum absolute atomic E-state index is 10.7. The summed E-state index contributed by atoms with van der Waals surface area (Å²) in [6.07, 6.45) is 3.45. The van der Waals surface area contributed by atoms with Gasteiger partial charge in [0.15, 0.2) is 0 Å². The van der Waals surface area contributed by atoms with Gasteiger partial charge in [-0.25, -0.2) is 0 Å². The summed E-state index contributed by atoms with van der Waals surface area (Å²) >= 11 is 0. The topological polar surface area (TPSA) is 72.5 Å². The van der Waals surface area contributed by atoms with E-state index in [2.05, 4.69) is 6.07 Å². The molecule has 3 N–H and O–H groups in total. The van der Waals surface area contributed by atoms with Crippen molar-refractivity contribution in [2.75, 3.05) is 7.11 Å². The second-order valence-corrected chi connectivity index (χ2v) is 5.03. The Morgan fingerprint density at radius 1 is 1.50 bits per heavy atom. The van der Waals surface area contributed by atoms with Crippen LogP contribution in [-0.2, 0) is 22.4 Å². The molecule has 1 fully saturated rings. The number of hydrogen-bond acceptors (Lipinski definition) is 3. The van der Waals surface area contributed by atoms with Crippen LogP contribution >= 0.6 is 0 Å². The first kappa shape index (κ1) is 13.1. The van der Waals surface area contributed by atoms with Gasteiger partial charge in [-0.3, -0.25) is 4.79 Å². The quantitative estimate of drug-likeness (QED) is 0.798. The zero-order valence-corrected chi connectivity index (χ0v) is 10.6. The number of aliphatic carboxylic acids is 1. The highest BCUT2D eigenvalue weighted by Gasteiger charge is 2.42. The fourth-order valence-corrected chi connectivity index (χ4v) is 2.17. The summed E-state index contributed by atoms with van der Waals surface area (Å²) in [6.45, 7) is 0. The molecule has 98 valence electrons. The molecule has 1 saturated carbocycles. The van der Waals surface area contributed by atoms with E-state index in [-0.39, 0.29) is 5.60 Å². The average molecular weight is 249 g/mol. The van der Waals surface area contributed by atoms with Crippen molar-refractivity contribution in [2.45, 2.75) is 37.3 Å². The number of carboxylic acid groups (broad SMARTS) is 1. The average Bonchev–Trinajstić information content (AvgIpc) is 3.10. The minimum absolute atomic E-state index is 0.0214. The van der Waals surface area contributed by atoms with E-state index < -0.39 is 12.0 Å². The van der Waals surface area contributed by atoms with Crippen molar-refractivity contribution in [2.24, 2.45) is 5.73 Å². The van der Waals surface area contributed by atoms with Crippen LogP contribution in [0.25, 0.3) is 0 Å². The Labute approximate surface area is 107 Å². The Hall–Kier alpha value is -1.39. The van der Waals surface area contributed by atoms with Crippen molar-refractivity contribution in [3.63, 3.8) is 0 Å². The van der Waals surface area contributed by atoms with Crippen LogP contribution in [0.1, 0.15) is 24.0 Å². The fourth-order valence-electron chi connectivity index (χ4n) is 2.17. The molecule has 4 nitrogen and oxygen atoms in total. The number of benzene rings is 1. The highest BCUT2D eigenvalue weighted by Crippen LogP contribution is 2.41. The Morgan fingerprint density at radius 3 is 2.72 bits per heavy atom. The van der Waals surface area contributed by atoms with Crippen molar-refractivity contribution in [1.29, 1.82) is 0 Å². The molecule has 0 radical (unpaired) electrons. The highest BCUT2D eigenvalue weighted by atomic mass is 16.5. The third-order valence-electron chi connectivity index (χ3n) is 3.53. The molecule has 2 rings (SSSR count). The van der Waals surface area contributed by atoms with Gasteiger partial charge in [0.2, 0.25) is 0 Å². The van der Waals surface area contributed by atoms with E-state index in [1.54, 1.807) is 7.11 Å². The first-order valence-electron chi connectivity index (χ1n) is 6.16. The predicted molar refractivity (Wildman–Crippen MR) is 68.4 cm³/mol. The van der Waals surface area contributed by atoms with E-state index in [1.807, 2.05) is 18.2 Å². The Kier molecular flexibility index (Phi) is 3.68. The normalized spacial score (nSPS) is 18.3. The summed E-state index contributed by atoms with van der Waals surface area (Å²) in [5.74, 6) is -0.962. The molecule has 0 amide bonds. The lowest BCUT2D eigenvalue weighted by Crippen LogP contribution is -2.32. The van der Waals surface area contributed by atoms with Crippen LogP contribution in [0.15, 0.2) is 24.3 Å². The van der Waals surface area contributed by atoms with E-state index in [9.17, 15) is 4.79 Å².